The highest BCUT2D eigenvalue weighted by atomic mass is 35.5. The van der Waals surface area contributed by atoms with Gasteiger partial charge in [0.15, 0.2) is 0 Å². The van der Waals surface area contributed by atoms with Crippen LogP contribution >= 0.6 is 11.6 Å². The highest BCUT2D eigenvalue weighted by molar-refractivity contribution is 6.28. The van der Waals surface area contributed by atoms with Crippen molar-refractivity contribution < 1.29 is 0 Å². The van der Waals surface area contributed by atoms with Crippen LogP contribution in [0.25, 0.3) is 0 Å². The normalized spacial score (nSPS) is 13.8. The smallest absolute Gasteiger partial charge is 0.224 e. The van der Waals surface area contributed by atoms with Gasteiger partial charge in [0.05, 0.1) is 0 Å². The van der Waals surface area contributed by atoms with Gasteiger partial charge in [-0.1, -0.05) is 20.8 Å². The van der Waals surface area contributed by atoms with Crippen LogP contribution in [0, 0.1) is 11.8 Å². The first-order chi connectivity index (χ1) is 5.61. The number of halogens is 1. The van der Waals surface area contributed by atoms with Crippen molar-refractivity contribution in [2.75, 3.05) is 0 Å². The van der Waals surface area contributed by atoms with Crippen LogP contribution in [-0.4, -0.2) is 14.8 Å². The first-order valence-electron chi connectivity index (χ1n) is 4.14. The first-order valence-corrected chi connectivity index (χ1v) is 4.52. The summed E-state index contributed by atoms with van der Waals surface area (Å²) in [6.07, 6.45) is 1.67. The summed E-state index contributed by atoms with van der Waals surface area (Å²) < 4.78 is 1.87. The van der Waals surface area contributed by atoms with Gasteiger partial charge in [-0.05, 0) is 23.4 Å². The minimum Gasteiger partial charge on any atom is -0.304 e. The summed E-state index contributed by atoms with van der Waals surface area (Å²) in [5.74, 6) is 1.25. The molecule has 0 fully saturated rings. The fourth-order valence-electron chi connectivity index (χ4n) is 0.884. The molecule has 68 valence electrons. The summed E-state index contributed by atoms with van der Waals surface area (Å²) in [5, 5.41) is 7.90. The molecule has 0 aliphatic rings. The molecular weight excluding hydrogens is 174 g/mol. The van der Waals surface area contributed by atoms with Crippen molar-refractivity contribution in [2.45, 2.75) is 27.3 Å². The predicted octanol–water partition coefficient (Wildman–Crippen LogP) is 2.22. The predicted molar refractivity (Wildman–Crippen MR) is 49.0 cm³/mol. The third-order valence-electron chi connectivity index (χ3n) is 2.19. The van der Waals surface area contributed by atoms with Crippen LogP contribution in [0.2, 0.25) is 5.28 Å². The molecule has 1 heterocycles. The SMILES string of the molecule is CC(C)C(C)Cn1cnnc1Cl. The molecule has 1 aromatic heterocycles. The molecule has 0 saturated heterocycles. The van der Waals surface area contributed by atoms with E-state index in [-0.39, 0.29) is 0 Å². The fraction of sp³-hybridized carbons (Fsp3) is 0.750. The van der Waals surface area contributed by atoms with E-state index in [0.29, 0.717) is 17.1 Å². The van der Waals surface area contributed by atoms with Gasteiger partial charge in [-0.25, -0.2) is 0 Å². The topological polar surface area (TPSA) is 30.7 Å². The monoisotopic (exact) mass is 187 g/mol. The lowest BCUT2D eigenvalue weighted by molar-refractivity contribution is 0.364. The Morgan fingerprint density at radius 2 is 2.17 bits per heavy atom. The molecule has 0 aromatic carbocycles. The van der Waals surface area contributed by atoms with Gasteiger partial charge in [-0.3, -0.25) is 0 Å². The van der Waals surface area contributed by atoms with Crippen molar-refractivity contribution >= 4 is 11.6 Å². The van der Waals surface area contributed by atoms with Crippen LogP contribution in [0.5, 0.6) is 0 Å². The van der Waals surface area contributed by atoms with Gasteiger partial charge >= 0.3 is 0 Å². The van der Waals surface area contributed by atoms with E-state index < -0.39 is 0 Å². The van der Waals surface area contributed by atoms with Crippen molar-refractivity contribution in [1.29, 1.82) is 0 Å². The molecule has 0 saturated carbocycles. The van der Waals surface area contributed by atoms with E-state index in [9.17, 15) is 0 Å². The molecule has 4 heteroatoms. The summed E-state index contributed by atoms with van der Waals surface area (Å²) in [6, 6.07) is 0. The van der Waals surface area contributed by atoms with Crippen LogP contribution in [0.3, 0.4) is 0 Å². The third-order valence-corrected chi connectivity index (χ3v) is 2.48. The second-order valence-corrected chi connectivity index (χ2v) is 3.81. The van der Waals surface area contributed by atoms with Gasteiger partial charge in [0.1, 0.15) is 6.33 Å². The summed E-state index contributed by atoms with van der Waals surface area (Å²) in [4.78, 5) is 0. The van der Waals surface area contributed by atoms with Gasteiger partial charge in [0.2, 0.25) is 5.28 Å². The lowest BCUT2D eigenvalue weighted by Crippen LogP contribution is -2.12. The van der Waals surface area contributed by atoms with Gasteiger partial charge in [-0.2, -0.15) is 0 Å². The molecule has 0 aliphatic carbocycles. The van der Waals surface area contributed by atoms with E-state index in [2.05, 4.69) is 31.0 Å². The quantitative estimate of drug-likeness (QED) is 0.727. The first kappa shape index (κ1) is 9.52. The lowest BCUT2D eigenvalue weighted by Gasteiger charge is -2.15. The zero-order valence-electron chi connectivity index (χ0n) is 7.66. The van der Waals surface area contributed by atoms with Crippen LogP contribution in [0.4, 0.5) is 0 Å². The molecule has 0 N–H and O–H groups in total. The molecule has 3 nitrogen and oxygen atoms in total. The van der Waals surface area contributed by atoms with E-state index >= 15 is 0 Å². The maximum Gasteiger partial charge on any atom is 0.224 e. The molecule has 1 aromatic rings. The number of hydrogen-bond donors (Lipinski definition) is 0. The maximum absolute atomic E-state index is 5.78. The van der Waals surface area contributed by atoms with E-state index in [1.165, 1.54) is 0 Å². The van der Waals surface area contributed by atoms with E-state index in [1.54, 1.807) is 6.33 Å². The molecule has 12 heavy (non-hydrogen) atoms. The largest absolute Gasteiger partial charge is 0.304 e. The molecule has 1 rings (SSSR count). The molecule has 1 unspecified atom stereocenters. The number of rotatable bonds is 3. The third kappa shape index (κ3) is 2.21. The molecule has 1 atom stereocenters. The van der Waals surface area contributed by atoms with Crippen molar-refractivity contribution in [2.24, 2.45) is 11.8 Å². The average Bonchev–Trinajstić information content (AvgIpc) is 2.36. The Kier molecular flexibility index (Phi) is 3.09. The Labute approximate surface area is 77.8 Å². The zero-order chi connectivity index (χ0) is 9.14. The fourth-order valence-corrected chi connectivity index (χ4v) is 1.04. The Balaban J connectivity index is 2.58. The number of hydrogen-bond acceptors (Lipinski definition) is 2. The molecular formula is C8H14ClN3. The number of aromatic nitrogens is 3. The van der Waals surface area contributed by atoms with Crippen molar-refractivity contribution in [1.82, 2.24) is 14.8 Å². The van der Waals surface area contributed by atoms with Crippen molar-refractivity contribution in [3.8, 4) is 0 Å². The van der Waals surface area contributed by atoms with Gasteiger partial charge in [0.25, 0.3) is 0 Å². The Morgan fingerprint density at radius 1 is 1.50 bits per heavy atom. The lowest BCUT2D eigenvalue weighted by atomic mass is 9.98. The van der Waals surface area contributed by atoms with Gasteiger partial charge in [-0.15, -0.1) is 10.2 Å². The molecule has 0 bridgehead atoms. The van der Waals surface area contributed by atoms with Crippen LogP contribution in [0.1, 0.15) is 20.8 Å². The van der Waals surface area contributed by atoms with Gasteiger partial charge < -0.3 is 4.57 Å². The molecule has 0 amide bonds. The van der Waals surface area contributed by atoms with E-state index in [0.717, 1.165) is 6.54 Å². The summed E-state index contributed by atoms with van der Waals surface area (Å²) in [6.45, 7) is 7.48. The number of nitrogens with zero attached hydrogens (tertiary/aromatic N) is 3. The summed E-state index contributed by atoms with van der Waals surface area (Å²) in [7, 11) is 0. The minimum absolute atomic E-state index is 0.475. The maximum atomic E-state index is 5.78. The average molecular weight is 188 g/mol. The molecule has 0 radical (unpaired) electrons. The Morgan fingerprint density at radius 3 is 2.58 bits per heavy atom. The highest BCUT2D eigenvalue weighted by Gasteiger charge is 2.09. The van der Waals surface area contributed by atoms with Crippen molar-refractivity contribution in [3.63, 3.8) is 0 Å². The highest BCUT2D eigenvalue weighted by Crippen LogP contribution is 2.14. The van der Waals surface area contributed by atoms with Crippen LogP contribution in [-0.2, 0) is 6.54 Å². The van der Waals surface area contributed by atoms with Crippen LogP contribution < -0.4 is 0 Å². The second kappa shape index (κ2) is 3.90. The van der Waals surface area contributed by atoms with E-state index in [4.69, 9.17) is 11.6 Å². The second-order valence-electron chi connectivity index (χ2n) is 3.47. The summed E-state index contributed by atoms with van der Waals surface area (Å²) in [5.41, 5.74) is 0. The van der Waals surface area contributed by atoms with Crippen LogP contribution in [0.15, 0.2) is 6.33 Å². The van der Waals surface area contributed by atoms with E-state index in [1.807, 2.05) is 4.57 Å². The molecule has 0 aliphatic heterocycles. The molecule has 0 spiro atoms. The minimum atomic E-state index is 0.475. The van der Waals surface area contributed by atoms with Gasteiger partial charge in [0, 0.05) is 6.54 Å². The Hall–Kier alpha value is -0.570. The Bertz CT molecular complexity index is 244. The summed E-state index contributed by atoms with van der Waals surface area (Å²) >= 11 is 5.78. The zero-order valence-corrected chi connectivity index (χ0v) is 8.41. The van der Waals surface area contributed by atoms with Crippen molar-refractivity contribution in [3.05, 3.63) is 11.6 Å². The standard InChI is InChI=1S/C8H14ClN3/c1-6(2)7(3)4-12-5-10-11-8(12)9/h5-7H,4H2,1-3H3.